The van der Waals surface area contributed by atoms with Crippen LogP contribution in [0.15, 0.2) is 16.5 Å². The molecule has 1 aromatic rings. The molecule has 72 valence electrons. The predicted molar refractivity (Wildman–Crippen MR) is 47.7 cm³/mol. The van der Waals surface area contributed by atoms with Crippen LogP contribution in [-0.4, -0.2) is 24.2 Å². The van der Waals surface area contributed by atoms with E-state index in [-0.39, 0.29) is 30.7 Å². The summed E-state index contributed by atoms with van der Waals surface area (Å²) in [7, 11) is 0. The van der Waals surface area contributed by atoms with Crippen LogP contribution in [0.3, 0.4) is 0 Å². The summed E-state index contributed by atoms with van der Waals surface area (Å²) in [6, 6.07) is 3.19. The first-order chi connectivity index (χ1) is 6.27. The highest BCUT2D eigenvalue weighted by Gasteiger charge is 2.09. The molecule has 0 saturated heterocycles. The largest absolute Gasteiger partial charge is 0.455 e. The Hall–Kier alpha value is -1.00. The van der Waals surface area contributed by atoms with E-state index in [1.165, 1.54) is 0 Å². The van der Waals surface area contributed by atoms with E-state index in [4.69, 9.17) is 21.1 Å². The van der Waals surface area contributed by atoms with Crippen molar-refractivity contribution in [1.29, 1.82) is 0 Å². The standard InChI is InChI=1S/C8H10ClNO3/c9-5-6-1-2-7(13-6)8(12)10-3-4-11/h1-2,11H,3-5H2,(H,10,12). The average Bonchev–Trinajstić information content (AvgIpc) is 2.62. The molecule has 0 radical (unpaired) electrons. The third-order valence-electron chi connectivity index (χ3n) is 1.41. The summed E-state index contributed by atoms with van der Waals surface area (Å²) >= 11 is 5.48. The Morgan fingerprint density at radius 2 is 2.38 bits per heavy atom. The fourth-order valence-corrected chi connectivity index (χ4v) is 0.972. The van der Waals surface area contributed by atoms with E-state index in [9.17, 15) is 4.79 Å². The molecule has 0 aliphatic carbocycles. The third kappa shape index (κ3) is 2.75. The summed E-state index contributed by atoms with van der Waals surface area (Å²) in [6.07, 6.45) is 0. The highest BCUT2D eigenvalue weighted by atomic mass is 35.5. The number of aliphatic hydroxyl groups is 1. The Kier molecular flexibility index (Phi) is 3.79. The summed E-state index contributed by atoms with van der Waals surface area (Å²) in [6.45, 7) is 0.130. The van der Waals surface area contributed by atoms with Gasteiger partial charge in [0.2, 0.25) is 0 Å². The van der Waals surface area contributed by atoms with Crippen LogP contribution < -0.4 is 5.32 Å². The van der Waals surface area contributed by atoms with Crippen LogP contribution in [0.25, 0.3) is 0 Å². The van der Waals surface area contributed by atoms with E-state index in [0.29, 0.717) is 5.76 Å². The minimum atomic E-state index is -0.342. The van der Waals surface area contributed by atoms with Gasteiger partial charge in [-0.1, -0.05) is 0 Å². The minimum absolute atomic E-state index is 0.0885. The van der Waals surface area contributed by atoms with Crippen molar-refractivity contribution in [3.8, 4) is 0 Å². The molecule has 1 aromatic heterocycles. The van der Waals surface area contributed by atoms with Gasteiger partial charge in [-0.05, 0) is 12.1 Å². The fraction of sp³-hybridized carbons (Fsp3) is 0.375. The van der Waals surface area contributed by atoms with Gasteiger partial charge in [-0.15, -0.1) is 11.6 Å². The van der Waals surface area contributed by atoms with Crippen molar-refractivity contribution in [3.63, 3.8) is 0 Å². The predicted octanol–water partition coefficient (Wildman–Crippen LogP) is 0.740. The van der Waals surface area contributed by atoms with Crippen LogP contribution in [0.5, 0.6) is 0 Å². The number of aliphatic hydroxyl groups excluding tert-OH is 1. The number of amides is 1. The van der Waals surface area contributed by atoms with Crippen molar-refractivity contribution in [2.24, 2.45) is 0 Å². The number of halogens is 1. The number of nitrogens with one attached hydrogen (secondary N) is 1. The first-order valence-electron chi connectivity index (χ1n) is 3.81. The van der Waals surface area contributed by atoms with Crippen LogP contribution in [-0.2, 0) is 5.88 Å². The molecule has 4 nitrogen and oxygen atoms in total. The highest BCUT2D eigenvalue weighted by Crippen LogP contribution is 2.09. The molecule has 13 heavy (non-hydrogen) atoms. The van der Waals surface area contributed by atoms with Gasteiger partial charge in [-0.2, -0.15) is 0 Å². The Bertz CT molecular complexity index is 285. The Balaban J connectivity index is 2.55. The number of hydrogen-bond acceptors (Lipinski definition) is 3. The second-order valence-electron chi connectivity index (χ2n) is 2.38. The van der Waals surface area contributed by atoms with Crippen LogP contribution in [0.2, 0.25) is 0 Å². The molecule has 2 N–H and O–H groups in total. The second kappa shape index (κ2) is 4.89. The molecule has 0 aliphatic rings. The van der Waals surface area contributed by atoms with Crippen LogP contribution >= 0.6 is 11.6 Å². The number of hydrogen-bond donors (Lipinski definition) is 2. The molecule has 0 spiro atoms. The van der Waals surface area contributed by atoms with Gasteiger partial charge in [-0.3, -0.25) is 4.79 Å². The zero-order valence-corrected chi connectivity index (χ0v) is 7.67. The SMILES string of the molecule is O=C(NCCO)c1ccc(CCl)o1. The van der Waals surface area contributed by atoms with Crippen molar-refractivity contribution < 1.29 is 14.3 Å². The highest BCUT2D eigenvalue weighted by molar-refractivity contribution is 6.16. The van der Waals surface area contributed by atoms with Crippen molar-refractivity contribution in [1.82, 2.24) is 5.32 Å². The summed E-state index contributed by atoms with van der Waals surface area (Å²) in [5.74, 6) is 0.665. The summed E-state index contributed by atoms with van der Waals surface area (Å²) < 4.78 is 5.07. The summed E-state index contributed by atoms with van der Waals surface area (Å²) in [4.78, 5) is 11.2. The van der Waals surface area contributed by atoms with Crippen molar-refractivity contribution >= 4 is 17.5 Å². The first kappa shape index (κ1) is 10.1. The van der Waals surface area contributed by atoms with Crippen LogP contribution in [0.4, 0.5) is 0 Å². The van der Waals surface area contributed by atoms with Crippen molar-refractivity contribution in [2.75, 3.05) is 13.2 Å². The van der Waals surface area contributed by atoms with Gasteiger partial charge >= 0.3 is 0 Å². The molecule has 0 fully saturated rings. The molecule has 0 saturated carbocycles. The molecule has 0 unspecified atom stereocenters. The Morgan fingerprint density at radius 3 is 2.92 bits per heavy atom. The maximum Gasteiger partial charge on any atom is 0.287 e. The quantitative estimate of drug-likeness (QED) is 0.710. The van der Waals surface area contributed by atoms with Crippen LogP contribution in [0, 0.1) is 0 Å². The zero-order chi connectivity index (χ0) is 9.68. The molecule has 0 aromatic carbocycles. The average molecular weight is 204 g/mol. The van der Waals surface area contributed by atoms with E-state index in [2.05, 4.69) is 5.32 Å². The lowest BCUT2D eigenvalue weighted by atomic mass is 10.4. The van der Waals surface area contributed by atoms with Gasteiger partial charge in [-0.25, -0.2) is 0 Å². The normalized spacial score (nSPS) is 10.0. The van der Waals surface area contributed by atoms with Crippen LogP contribution in [0.1, 0.15) is 16.3 Å². The van der Waals surface area contributed by atoms with Gasteiger partial charge < -0.3 is 14.8 Å². The molecule has 1 amide bonds. The summed E-state index contributed by atoms with van der Waals surface area (Å²) in [5, 5.41) is 10.9. The van der Waals surface area contributed by atoms with Crippen molar-refractivity contribution in [3.05, 3.63) is 23.7 Å². The van der Waals surface area contributed by atoms with Crippen molar-refractivity contribution in [2.45, 2.75) is 5.88 Å². The number of rotatable bonds is 4. The molecule has 1 rings (SSSR count). The maximum absolute atomic E-state index is 11.2. The topological polar surface area (TPSA) is 62.5 Å². The zero-order valence-electron chi connectivity index (χ0n) is 6.92. The van der Waals surface area contributed by atoms with Gasteiger partial charge in [0.25, 0.3) is 5.91 Å². The minimum Gasteiger partial charge on any atom is -0.455 e. The molecule has 0 aliphatic heterocycles. The molecule has 0 bridgehead atoms. The molecular formula is C8H10ClNO3. The lowest BCUT2D eigenvalue weighted by molar-refractivity contribution is 0.0915. The Morgan fingerprint density at radius 1 is 1.62 bits per heavy atom. The second-order valence-corrected chi connectivity index (χ2v) is 2.65. The lowest BCUT2D eigenvalue weighted by Crippen LogP contribution is -2.25. The van der Waals surface area contributed by atoms with E-state index in [1.807, 2.05) is 0 Å². The molecule has 1 heterocycles. The number of carbonyl (C=O) groups is 1. The maximum atomic E-state index is 11.2. The first-order valence-corrected chi connectivity index (χ1v) is 4.35. The van der Waals surface area contributed by atoms with Gasteiger partial charge in [0.05, 0.1) is 12.5 Å². The Labute approximate surface area is 80.5 Å². The summed E-state index contributed by atoms with van der Waals surface area (Å²) in [5.41, 5.74) is 0. The fourth-order valence-electron chi connectivity index (χ4n) is 0.828. The monoisotopic (exact) mass is 203 g/mol. The van der Waals surface area contributed by atoms with Gasteiger partial charge in [0.1, 0.15) is 5.76 Å². The van der Waals surface area contributed by atoms with E-state index >= 15 is 0 Å². The van der Waals surface area contributed by atoms with E-state index in [0.717, 1.165) is 0 Å². The molecule has 0 atom stereocenters. The third-order valence-corrected chi connectivity index (χ3v) is 1.68. The molecular weight excluding hydrogens is 194 g/mol. The van der Waals surface area contributed by atoms with Gasteiger partial charge in [0.15, 0.2) is 5.76 Å². The molecule has 5 heteroatoms. The lowest BCUT2D eigenvalue weighted by Gasteiger charge is -1.98. The number of alkyl halides is 1. The number of carbonyl (C=O) groups excluding carboxylic acids is 1. The van der Waals surface area contributed by atoms with E-state index < -0.39 is 0 Å². The van der Waals surface area contributed by atoms with Gasteiger partial charge in [0, 0.05) is 6.54 Å². The number of furan rings is 1. The smallest absolute Gasteiger partial charge is 0.287 e. The van der Waals surface area contributed by atoms with E-state index in [1.54, 1.807) is 12.1 Å².